The minimum absolute atomic E-state index is 0.208. The first-order chi connectivity index (χ1) is 6.63. The van der Waals surface area contributed by atoms with E-state index >= 15 is 0 Å². The summed E-state index contributed by atoms with van der Waals surface area (Å²) < 4.78 is 0. The molecule has 1 aromatic carbocycles. The van der Waals surface area contributed by atoms with Crippen LogP contribution in [-0.2, 0) is 4.79 Å². The molecule has 5 N–H and O–H groups in total. The standard InChI is InChI=1S/C10H15N3O/c1-7-3-2-4-8(5-7)9(11)6-10(14)13-12/h2-5,9H,6,11-12H2,1H3,(H,13,14). The fourth-order valence-electron chi connectivity index (χ4n) is 1.28. The highest BCUT2D eigenvalue weighted by atomic mass is 16.2. The monoisotopic (exact) mass is 193 g/mol. The van der Waals surface area contributed by atoms with Gasteiger partial charge in [0.15, 0.2) is 0 Å². The third-order valence-electron chi connectivity index (χ3n) is 2.04. The van der Waals surface area contributed by atoms with Crippen LogP contribution in [0.15, 0.2) is 24.3 Å². The van der Waals surface area contributed by atoms with Crippen molar-refractivity contribution >= 4 is 5.91 Å². The van der Waals surface area contributed by atoms with Crippen LogP contribution >= 0.6 is 0 Å². The van der Waals surface area contributed by atoms with Gasteiger partial charge in [-0.2, -0.15) is 0 Å². The molecule has 1 unspecified atom stereocenters. The van der Waals surface area contributed by atoms with Crippen molar-refractivity contribution < 1.29 is 4.79 Å². The largest absolute Gasteiger partial charge is 0.324 e. The van der Waals surface area contributed by atoms with Gasteiger partial charge in [-0.1, -0.05) is 29.8 Å². The Bertz CT molecular complexity index is 325. The maximum absolute atomic E-state index is 11.0. The molecule has 14 heavy (non-hydrogen) atoms. The van der Waals surface area contributed by atoms with Crippen molar-refractivity contribution in [2.24, 2.45) is 11.6 Å². The van der Waals surface area contributed by atoms with Crippen LogP contribution in [0, 0.1) is 6.92 Å². The smallest absolute Gasteiger partial charge is 0.235 e. The molecule has 1 amide bonds. The highest BCUT2D eigenvalue weighted by Crippen LogP contribution is 2.14. The first-order valence-electron chi connectivity index (χ1n) is 4.45. The summed E-state index contributed by atoms with van der Waals surface area (Å²) in [6.45, 7) is 1.99. The van der Waals surface area contributed by atoms with Crippen molar-refractivity contribution in [3.63, 3.8) is 0 Å². The predicted octanol–water partition coefficient (Wildman–Crippen LogP) is 0.375. The average Bonchev–Trinajstić information content (AvgIpc) is 2.17. The van der Waals surface area contributed by atoms with E-state index in [9.17, 15) is 4.79 Å². The van der Waals surface area contributed by atoms with E-state index in [0.717, 1.165) is 11.1 Å². The lowest BCUT2D eigenvalue weighted by atomic mass is 10.0. The average molecular weight is 193 g/mol. The highest BCUT2D eigenvalue weighted by molar-refractivity contribution is 5.76. The summed E-state index contributed by atoms with van der Waals surface area (Å²) in [5.41, 5.74) is 9.97. The number of carbonyl (C=O) groups excluding carboxylic acids is 1. The molecule has 0 spiro atoms. The van der Waals surface area contributed by atoms with E-state index in [0.29, 0.717) is 0 Å². The van der Waals surface area contributed by atoms with Crippen LogP contribution < -0.4 is 17.0 Å². The van der Waals surface area contributed by atoms with E-state index in [1.54, 1.807) is 0 Å². The van der Waals surface area contributed by atoms with E-state index in [1.165, 1.54) is 0 Å². The number of nitrogens with two attached hydrogens (primary N) is 2. The third-order valence-corrected chi connectivity index (χ3v) is 2.04. The number of hydrogen-bond donors (Lipinski definition) is 3. The van der Waals surface area contributed by atoms with Gasteiger partial charge in [-0.25, -0.2) is 5.84 Å². The quantitative estimate of drug-likeness (QED) is 0.368. The van der Waals surface area contributed by atoms with Crippen LogP contribution in [0.25, 0.3) is 0 Å². The van der Waals surface area contributed by atoms with Crippen molar-refractivity contribution in [2.75, 3.05) is 0 Å². The summed E-state index contributed by atoms with van der Waals surface area (Å²) in [6.07, 6.45) is 0.208. The fourth-order valence-corrected chi connectivity index (χ4v) is 1.28. The summed E-state index contributed by atoms with van der Waals surface area (Å²) in [5, 5.41) is 0. The Morgan fingerprint density at radius 1 is 1.57 bits per heavy atom. The molecule has 4 nitrogen and oxygen atoms in total. The Morgan fingerprint density at radius 3 is 2.86 bits per heavy atom. The Hall–Kier alpha value is -1.39. The van der Waals surface area contributed by atoms with E-state index < -0.39 is 0 Å². The summed E-state index contributed by atoms with van der Waals surface area (Å²) >= 11 is 0. The maximum atomic E-state index is 11.0. The van der Waals surface area contributed by atoms with Gasteiger partial charge in [0.1, 0.15) is 0 Å². The number of hydrogen-bond acceptors (Lipinski definition) is 3. The van der Waals surface area contributed by atoms with Crippen LogP contribution in [0.1, 0.15) is 23.6 Å². The Morgan fingerprint density at radius 2 is 2.29 bits per heavy atom. The van der Waals surface area contributed by atoms with E-state index in [-0.39, 0.29) is 18.4 Å². The van der Waals surface area contributed by atoms with Crippen LogP contribution in [0.5, 0.6) is 0 Å². The Balaban J connectivity index is 2.69. The first-order valence-corrected chi connectivity index (χ1v) is 4.45. The number of amides is 1. The molecule has 1 rings (SSSR count). The molecule has 0 aliphatic carbocycles. The van der Waals surface area contributed by atoms with Crippen LogP contribution in [0.2, 0.25) is 0 Å². The molecule has 0 saturated carbocycles. The lowest BCUT2D eigenvalue weighted by Crippen LogP contribution is -2.32. The van der Waals surface area contributed by atoms with Gasteiger partial charge < -0.3 is 5.73 Å². The number of nitrogens with one attached hydrogen (secondary N) is 1. The summed E-state index contributed by atoms with van der Waals surface area (Å²) in [7, 11) is 0. The molecule has 0 heterocycles. The highest BCUT2D eigenvalue weighted by Gasteiger charge is 2.10. The Labute approximate surface area is 83.3 Å². The van der Waals surface area contributed by atoms with Crippen LogP contribution in [0.4, 0.5) is 0 Å². The number of hydrazine groups is 1. The molecule has 0 aliphatic heterocycles. The molecule has 0 bridgehead atoms. The van der Waals surface area contributed by atoms with Gasteiger partial charge in [0, 0.05) is 12.5 Å². The molecular weight excluding hydrogens is 178 g/mol. The van der Waals surface area contributed by atoms with Gasteiger partial charge in [-0.15, -0.1) is 0 Å². The normalized spacial score (nSPS) is 12.2. The molecule has 0 aliphatic rings. The zero-order valence-electron chi connectivity index (χ0n) is 8.16. The second-order valence-electron chi connectivity index (χ2n) is 3.29. The van der Waals surface area contributed by atoms with Crippen molar-refractivity contribution in [1.29, 1.82) is 0 Å². The molecule has 76 valence electrons. The summed E-state index contributed by atoms with van der Waals surface area (Å²) in [6, 6.07) is 7.48. The molecule has 0 aromatic heterocycles. The number of aryl methyl sites for hydroxylation is 1. The van der Waals surface area contributed by atoms with E-state index in [4.69, 9.17) is 11.6 Å². The van der Waals surface area contributed by atoms with Crippen molar-refractivity contribution in [3.8, 4) is 0 Å². The lowest BCUT2D eigenvalue weighted by Gasteiger charge is -2.11. The van der Waals surface area contributed by atoms with Gasteiger partial charge in [-0.05, 0) is 12.5 Å². The second-order valence-corrected chi connectivity index (χ2v) is 3.29. The van der Waals surface area contributed by atoms with Crippen molar-refractivity contribution in [3.05, 3.63) is 35.4 Å². The Kier molecular flexibility index (Phi) is 3.62. The number of carbonyl (C=O) groups is 1. The lowest BCUT2D eigenvalue weighted by molar-refractivity contribution is -0.121. The molecule has 0 radical (unpaired) electrons. The van der Waals surface area contributed by atoms with Crippen LogP contribution in [0.3, 0.4) is 0 Å². The minimum atomic E-state index is -0.293. The van der Waals surface area contributed by atoms with Crippen molar-refractivity contribution in [2.45, 2.75) is 19.4 Å². The second kappa shape index (κ2) is 4.74. The molecular formula is C10H15N3O. The van der Waals surface area contributed by atoms with Gasteiger partial charge in [-0.3, -0.25) is 10.2 Å². The minimum Gasteiger partial charge on any atom is -0.324 e. The van der Waals surface area contributed by atoms with Gasteiger partial charge in [0.25, 0.3) is 0 Å². The molecule has 1 atom stereocenters. The van der Waals surface area contributed by atoms with Gasteiger partial charge in [0.05, 0.1) is 0 Å². The van der Waals surface area contributed by atoms with Crippen molar-refractivity contribution in [1.82, 2.24) is 5.43 Å². The van der Waals surface area contributed by atoms with E-state index in [2.05, 4.69) is 5.43 Å². The van der Waals surface area contributed by atoms with Gasteiger partial charge >= 0.3 is 0 Å². The zero-order chi connectivity index (χ0) is 10.6. The molecule has 0 fully saturated rings. The number of rotatable bonds is 3. The summed E-state index contributed by atoms with van der Waals surface area (Å²) in [5.74, 6) is 4.72. The first kappa shape index (κ1) is 10.7. The SMILES string of the molecule is Cc1cccc(C(N)CC(=O)NN)c1. The third kappa shape index (κ3) is 2.83. The topological polar surface area (TPSA) is 81.1 Å². The summed E-state index contributed by atoms with van der Waals surface area (Å²) in [4.78, 5) is 11.0. The van der Waals surface area contributed by atoms with Gasteiger partial charge in [0.2, 0.25) is 5.91 Å². The zero-order valence-corrected chi connectivity index (χ0v) is 8.16. The fraction of sp³-hybridized carbons (Fsp3) is 0.300. The maximum Gasteiger partial charge on any atom is 0.235 e. The predicted molar refractivity (Wildman–Crippen MR) is 55.1 cm³/mol. The molecule has 1 aromatic rings. The molecule has 4 heteroatoms. The molecule has 0 saturated heterocycles. The van der Waals surface area contributed by atoms with E-state index in [1.807, 2.05) is 31.2 Å². The number of benzene rings is 1. The van der Waals surface area contributed by atoms with Crippen LogP contribution in [-0.4, -0.2) is 5.91 Å².